The summed E-state index contributed by atoms with van der Waals surface area (Å²) in [7, 11) is 0. The van der Waals surface area contributed by atoms with Crippen molar-refractivity contribution in [1.29, 1.82) is 0 Å². The first-order valence-corrected chi connectivity index (χ1v) is 7.50. The van der Waals surface area contributed by atoms with Crippen LogP contribution >= 0.6 is 0 Å². The van der Waals surface area contributed by atoms with Gasteiger partial charge in [0.25, 0.3) is 0 Å². The van der Waals surface area contributed by atoms with E-state index in [1.54, 1.807) is 6.92 Å². The van der Waals surface area contributed by atoms with Gasteiger partial charge < -0.3 is 5.32 Å². The number of nitrogens with zero attached hydrogens (tertiary/aromatic N) is 1. The van der Waals surface area contributed by atoms with Gasteiger partial charge in [0.2, 0.25) is 17.7 Å². The monoisotopic (exact) mass is 324 g/mol. The van der Waals surface area contributed by atoms with Crippen LogP contribution in [0.5, 0.6) is 0 Å². The highest BCUT2D eigenvalue weighted by Gasteiger charge is 2.29. The SMILES string of the molecule is CC[C@@H](NC(=O)CCN1C(=O)CCC1=O)c1cc(F)ccc1F. The van der Waals surface area contributed by atoms with Gasteiger partial charge in [-0.15, -0.1) is 0 Å². The molecule has 1 aromatic rings. The van der Waals surface area contributed by atoms with E-state index in [9.17, 15) is 23.2 Å². The van der Waals surface area contributed by atoms with Gasteiger partial charge in [0, 0.05) is 31.4 Å². The lowest BCUT2D eigenvalue weighted by molar-refractivity contribution is -0.138. The number of benzene rings is 1. The lowest BCUT2D eigenvalue weighted by Gasteiger charge is -2.19. The fourth-order valence-corrected chi connectivity index (χ4v) is 2.53. The third kappa shape index (κ3) is 4.12. The number of hydrogen-bond donors (Lipinski definition) is 1. The van der Waals surface area contributed by atoms with E-state index in [2.05, 4.69) is 5.32 Å². The van der Waals surface area contributed by atoms with Crippen molar-refractivity contribution in [2.24, 2.45) is 0 Å². The van der Waals surface area contributed by atoms with Gasteiger partial charge in [-0.1, -0.05) is 6.92 Å². The molecule has 1 aromatic carbocycles. The number of hydrogen-bond acceptors (Lipinski definition) is 3. The quantitative estimate of drug-likeness (QED) is 0.815. The van der Waals surface area contributed by atoms with Crippen molar-refractivity contribution in [1.82, 2.24) is 10.2 Å². The number of carbonyl (C=O) groups excluding carboxylic acids is 3. The molecule has 7 heteroatoms. The molecule has 124 valence electrons. The number of imide groups is 1. The van der Waals surface area contributed by atoms with Gasteiger partial charge in [0.15, 0.2) is 0 Å². The molecule has 0 spiro atoms. The number of nitrogens with one attached hydrogen (secondary N) is 1. The van der Waals surface area contributed by atoms with Crippen LogP contribution in [0.25, 0.3) is 0 Å². The minimum absolute atomic E-state index is 0.00552. The summed E-state index contributed by atoms with van der Waals surface area (Å²) >= 11 is 0. The van der Waals surface area contributed by atoms with Crippen LogP contribution in [0, 0.1) is 11.6 Å². The summed E-state index contributed by atoms with van der Waals surface area (Å²) in [6, 6.07) is 2.42. The van der Waals surface area contributed by atoms with Crippen LogP contribution in [0.1, 0.15) is 44.2 Å². The first-order chi connectivity index (χ1) is 10.9. The highest BCUT2D eigenvalue weighted by atomic mass is 19.1. The highest BCUT2D eigenvalue weighted by molar-refractivity contribution is 6.02. The molecule has 0 unspecified atom stereocenters. The molecule has 0 bridgehead atoms. The Morgan fingerprint density at radius 2 is 1.91 bits per heavy atom. The topological polar surface area (TPSA) is 66.5 Å². The van der Waals surface area contributed by atoms with E-state index in [0.717, 1.165) is 23.1 Å². The average Bonchev–Trinajstić information content (AvgIpc) is 2.84. The van der Waals surface area contributed by atoms with Crippen LogP contribution in [-0.2, 0) is 14.4 Å². The first-order valence-electron chi connectivity index (χ1n) is 7.50. The van der Waals surface area contributed by atoms with Crippen LogP contribution in [0.15, 0.2) is 18.2 Å². The van der Waals surface area contributed by atoms with Crippen molar-refractivity contribution in [3.8, 4) is 0 Å². The second kappa shape index (κ2) is 7.30. The normalized spacial score (nSPS) is 15.9. The summed E-state index contributed by atoms with van der Waals surface area (Å²) in [5.41, 5.74) is 0.0779. The Bertz CT molecular complexity index is 618. The van der Waals surface area contributed by atoms with E-state index in [-0.39, 0.29) is 43.2 Å². The number of rotatable bonds is 6. The van der Waals surface area contributed by atoms with Crippen molar-refractivity contribution in [3.63, 3.8) is 0 Å². The summed E-state index contributed by atoms with van der Waals surface area (Å²) < 4.78 is 27.0. The average molecular weight is 324 g/mol. The van der Waals surface area contributed by atoms with Gasteiger partial charge in [0.1, 0.15) is 11.6 Å². The molecule has 5 nitrogen and oxygen atoms in total. The maximum atomic E-state index is 13.8. The molecule has 0 radical (unpaired) electrons. The van der Waals surface area contributed by atoms with Crippen molar-refractivity contribution in [3.05, 3.63) is 35.4 Å². The highest BCUT2D eigenvalue weighted by Crippen LogP contribution is 2.21. The van der Waals surface area contributed by atoms with Gasteiger partial charge >= 0.3 is 0 Å². The molecule has 1 heterocycles. The summed E-state index contributed by atoms with van der Waals surface area (Å²) in [5, 5.41) is 2.61. The molecule has 1 N–H and O–H groups in total. The molecule has 0 aromatic heterocycles. The van der Waals surface area contributed by atoms with Gasteiger partial charge in [0.05, 0.1) is 6.04 Å². The predicted molar refractivity (Wildman–Crippen MR) is 78.1 cm³/mol. The molecule has 0 aliphatic carbocycles. The zero-order valence-electron chi connectivity index (χ0n) is 12.8. The lowest BCUT2D eigenvalue weighted by Crippen LogP contribution is -2.35. The molecule has 1 aliphatic rings. The van der Waals surface area contributed by atoms with Crippen molar-refractivity contribution in [2.75, 3.05) is 6.54 Å². The second-order valence-electron chi connectivity index (χ2n) is 5.38. The fourth-order valence-electron chi connectivity index (χ4n) is 2.53. The molecular formula is C16H18F2N2O3. The van der Waals surface area contributed by atoms with Crippen molar-refractivity contribution in [2.45, 2.75) is 38.6 Å². The summed E-state index contributed by atoms with van der Waals surface area (Å²) in [6.07, 6.45) is 0.664. The van der Waals surface area contributed by atoms with E-state index in [1.165, 1.54) is 0 Å². The van der Waals surface area contributed by atoms with Crippen LogP contribution < -0.4 is 5.32 Å². The molecule has 2 rings (SSSR count). The molecule has 3 amide bonds. The van der Waals surface area contributed by atoms with Crippen molar-refractivity contribution < 1.29 is 23.2 Å². The molecule has 1 atom stereocenters. The summed E-state index contributed by atoms with van der Waals surface area (Å²) in [6.45, 7) is 1.74. The molecule has 1 saturated heterocycles. The Morgan fingerprint density at radius 3 is 2.52 bits per heavy atom. The summed E-state index contributed by atoms with van der Waals surface area (Å²) in [5.74, 6) is -2.17. The van der Waals surface area contributed by atoms with Crippen LogP contribution in [0.3, 0.4) is 0 Å². The fraction of sp³-hybridized carbons (Fsp3) is 0.438. The zero-order chi connectivity index (χ0) is 17.0. The smallest absolute Gasteiger partial charge is 0.229 e. The number of amides is 3. The van der Waals surface area contributed by atoms with Gasteiger partial charge in [-0.25, -0.2) is 8.78 Å². The van der Waals surface area contributed by atoms with Crippen molar-refractivity contribution >= 4 is 17.7 Å². The number of carbonyl (C=O) groups is 3. The molecule has 1 fully saturated rings. The van der Waals surface area contributed by atoms with E-state index >= 15 is 0 Å². The van der Waals surface area contributed by atoms with E-state index in [4.69, 9.17) is 0 Å². The predicted octanol–water partition coefficient (Wildman–Crippen LogP) is 2.07. The number of halogens is 2. The Balaban J connectivity index is 1.96. The zero-order valence-corrected chi connectivity index (χ0v) is 12.8. The Labute approximate surface area is 132 Å². The largest absolute Gasteiger partial charge is 0.349 e. The third-order valence-corrected chi connectivity index (χ3v) is 3.79. The first kappa shape index (κ1) is 17.1. The molecule has 1 aliphatic heterocycles. The van der Waals surface area contributed by atoms with Gasteiger partial charge in [-0.05, 0) is 24.6 Å². The Hall–Kier alpha value is -2.31. The Morgan fingerprint density at radius 1 is 1.26 bits per heavy atom. The Kier molecular flexibility index (Phi) is 5.41. The van der Waals surface area contributed by atoms with E-state index < -0.39 is 23.6 Å². The standard InChI is InChI=1S/C16H18F2N2O3/c1-2-13(11-9-10(17)3-4-12(11)18)19-14(21)7-8-20-15(22)5-6-16(20)23/h3-4,9,13H,2,5-8H2,1H3,(H,19,21)/t13-/m1/s1. The van der Waals surface area contributed by atoms with Crippen LogP contribution in [0.4, 0.5) is 8.78 Å². The van der Waals surface area contributed by atoms with Gasteiger partial charge in [-0.3, -0.25) is 19.3 Å². The molecular weight excluding hydrogens is 306 g/mol. The van der Waals surface area contributed by atoms with Gasteiger partial charge in [-0.2, -0.15) is 0 Å². The lowest BCUT2D eigenvalue weighted by atomic mass is 10.0. The van der Waals surface area contributed by atoms with Crippen LogP contribution in [0.2, 0.25) is 0 Å². The van der Waals surface area contributed by atoms with Crippen LogP contribution in [-0.4, -0.2) is 29.2 Å². The van der Waals surface area contributed by atoms with E-state index in [0.29, 0.717) is 6.42 Å². The maximum Gasteiger partial charge on any atom is 0.229 e. The molecule has 23 heavy (non-hydrogen) atoms. The minimum Gasteiger partial charge on any atom is -0.349 e. The number of likely N-dealkylation sites (tertiary alicyclic amines) is 1. The second-order valence-corrected chi connectivity index (χ2v) is 5.38. The summed E-state index contributed by atoms with van der Waals surface area (Å²) in [4.78, 5) is 36.0. The minimum atomic E-state index is -0.664. The third-order valence-electron chi connectivity index (χ3n) is 3.79. The maximum absolute atomic E-state index is 13.8. The molecule has 0 saturated carbocycles. The van der Waals surface area contributed by atoms with E-state index in [1.807, 2.05) is 0 Å².